The quantitative estimate of drug-likeness (QED) is 0.577. The van der Waals surface area contributed by atoms with Gasteiger partial charge in [-0.2, -0.15) is 0 Å². The van der Waals surface area contributed by atoms with Gasteiger partial charge in [-0.15, -0.1) is 0 Å². The maximum atomic E-state index is 12.1. The van der Waals surface area contributed by atoms with Crippen LogP contribution in [0.3, 0.4) is 0 Å². The zero-order valence-corrected chi connectivity index (χ0v) is 9.68. The first-order valence-electron chi connectivity index (χ1n) is 6.08. The van der Waals surface area contributed by atoms with Crippen LogP contribution in [-0.4, -0.2) is 5.78 Å². The molecule has 0 N–H and O–H groups in total. The van der Waals surface area contributed by atoms with Crippen molar-refractivity contribution in [3.8, 4) is 0 Å². The average molecular weight is 194 g/mol. The SMILES string of the molecule is CC1CC2CCCCC2C(C)(C)C1=O. The van der Waals surface area contributed by atoms with Gasteiger partial charge < -0.3 is 0 Å². The molecule has 0 aromatic heterocycles. The zero-order valence-electron chi connectivity index (χ0n) is 9.68. The first kappa shape index (κ1) is 10.2. The van der Waals surface area contributed by atoms with Crippen LogP contribution in [0.15, 0.2) is 0 Å². The average Bonchev–Trinajstić information content (AvgIpc) is 2.15. The maximum Gasteiger partial charge on any atom is 0.141 e. The van der Waals surface area contributed by atoms with E-state index in [9.17, 15) is 4.79 Å². The molecule has 14 heavy (non-hydrogen) atoms. The van der Waals surface area contributed by atoms with Crippen LogP contribution in [0.5, 0.6) is 0 Å². The topological polar surface area (TPSA) is 17.1 Å². The highest BCUT2D eigenvalue weighted by molar-refractivity contribution is 5.87. The predicted octanol–water partition coefficient (Wildman–Crippen LogP) is 3.43. The molecule has 2 aliphatic carbocycles. The van der Waals surface area contributed by atoms with Crippen molar-refractivity contribution in [2.45, 2.75) is 52.9 Å². The molecule has 2 fully saturated rings. The van der Waals surface area contributed by atoms with Crippen molar-refractivity contribution in [1.29, 1.82) is 0 Å². The molecule has 0 saturated heterocycles. The number of hydrogen-bond donors (Lipinski definition) is 0. The third-order valence-electron chi connectivity index (χ3n) is 4.58. The lowest BCUT2D eigenvalue weighted by atomic mass is 9.56. The van der Waals surface area contributed by atoms with E-state index in [0.717, 1.165) is 12.3 Å². The highest BCUT2D eigenvalue weighted by Crippen LogP contribution is 2.50. The second kappa shape index (κ2) is 3.36. The monoisotopic (exact) mass is 194 g/mol. The first-order chi connectivity index (χ1) is 6.53. The summed E-state index contributed by atoms with van der Waals surface area (Å²) in [6.45, 7) is 6.47. The molecule has 2 rings (SSSR count). The second-order valence-electron chi connectivity index (χ2n) is 5.87. The van der Waals surface area contributed by atoms with Crippen molar-refractivity contribution in [2.75, 3.05) is 0 Å². The van der Waals surface area contributed by atoms with Gasteiger partial charge in [-0.05, 0) is 24.7 Å². The predicted molar refractivity (Wildman–Crippen MR) is 58.0 cm³/mol. The molecule has 0 aromatic rings. The Bertz CT molecular complexity index is 242. The third kappa shape index (κ3) is 1.41. The molecular formula is C13H22O. The molecule has 0 spiro atoms. The van der Waals surface area contributed by atoms with E-state index in [0.29, 0.717) is 17.6 Å². The summed E-state index contributed by atoms with van der Waals surface area (Å²) in [7, 11) is 0. The molecule has 80 valence electrons. The zero-order chi connectivity index (χ0) is 10.3. The largest absolute Gasteiger partial charge is 0.299 e. The second-order valence-corrected chi connectivity index (χ2v) is 5.87. The minimum absolute atomic E-state index is 0.0389. The highest BCUT2D eigenvalue weighted by Gasteiger charge is 2.47. The number of carbonyl (C=O) groups excluding carboxylic acids is 1. The summed E-state index contributed by atoms with van der Waals surface area (Å²) in [5, 5.41) is 0. The molecule has 1 nitrogen and oxygen atoms in total. The molecule has 3 unspecified atom stereocenters. The standard InChI is InChI=1S/C13H22O/c1-9-8-10-6-4-5-7-11(10)13(2,3)12(9)14/h9-11H,4-8H2,1-3H3. The smallest absolute Gasteiger partial charge is 0.141 e. The Morgan fingerprint density at radius 1 is 1.21 bits per heavy atom. The summed E-state index contributed by atoms with van der Waals surface area (Å²) in [5.74, 6) is 2.34. The van der Waals surface area contributed by atoms with Crippen molar-refractivity contribution < 1.29 is 4.79 Å². The van der Waals surface area contributed by atoms with Crippen LogP contribution in [0, 0.1) is 23.2 Å². The molecule has 3 atom stereocenters. The van der Waals surface area contributed by atoms with E-state index in [1.54, 1.807) is 0 Å². The number of rotatable bonds is 0. The number of Topliss-reactive ketones (excluding diaryl/α,β-unsaturated/α-hetero) is 1. The van der Waals surface area contributed by atoms with Gasteiger partial charge in [-0.3, -0.25) is 4.79 Å². The van der Waals surface area contributed by atoms with E-state index in [1.165, 1.54) is 25.7 Å². The van der Waals surface area contributed by atoms with Crippen LogP contribution in [-0.2, 0) is 4.79 Å². The first-order valence-corrected chi connectivity index (χ1v) is 6.08. The summed E-state index contributed by atoms with van der Waals surface area (Å²) in [6, 6.07) is 0. The third-order valence-corrected chi connectivity index (χ3v) is 4.58. The van der Waals surface area contributed by atoms with Gasteiger partial charge in [-0.1, -0.05) is 40.0 Å². The Morgan fingerprint density at radius 2 is 1.86 bits per heavy atom. The van der Waals surface area contributed by atoms with Crippen molar-refractivity contribution in [3.63, 3.8) is 0 Å². The minimum Gasteiger partial charge on any atom is -0.299 e. The van der Waals surface area contributed by atoms with Crippen molar-refractivity contribution in [1.82, 2.24) is 0 Å². The fourth-order valence-corrected chi connectivity index (χ4v) is 3.82. The number of fused-ring (bicyclic) bond motifs is 1. The van der Waals surface area contributed by atoms with Crippen LogP contribution in [0.2, 0.25) is 0 Å². The van der Waals surface area contributed by atoms with Gasteiger partial charge in [0.15, 0.2) is 0 Å². The van der Waals surface area contributed by atoms with E-state index in [-0.39, 0.29) is 5.41 Å². The number of carbonyl (C=O) groups is 1. The molecule has 2 aliphatic rings. The molecule has 2 saturated carbocycles. The Morgan fingerprint density at radius 3 is 2.57 bits per heavy atom. The summed E-state index contributed by atoms with van der Waals surface area (Å²) < 4.78 is 0. The molecule has 0 aliphatic heterocycles. The van der Waals surface area contributed by atoms with E-state index in [4.69, 9.17) is 0 Å². The molecule has 0 aromatic carbocycles. The van der Waals surface area contributed by atoms with E-state index >= 15 is 0 Å². The van der Waals surface area contributed by atoms with E-state index < -0.39 is 0 Å². The van der Waals surface area contributed by atoms with Crippen molar-refractivity contribution in [3.05, 3.63) is 0 Å². The van der Waals surface area contributed by atoms with Gasteiger partial charge in [0.25, 0.3) is 0 Å². The lowest BCUT2D eigenvalue weighted by molar-refractivity contribution is -0.142. The number of ketones is 1. The van der Waals surface area contributed by atoms with Gasteiger partial charge in [0.1, 0.15) is 5.78 Å². The highest BCUT2D eigenvalue weighted by atomic mass is 16.1. The van der Waals surface area contributed by atoms with E-state index in [2.05, 4.69) is 20.8 Å². The summed E-state index contributed by atoms with van der Waals surface area (Å²) in [4.78, 5) is 12.1. The maximum absolute atomic E-state index is 12.1. The van der Waals surface area contributed by atoms with Gasteiger partial charge in [0, 0.05) is 11.3 Å². The molecule has 0 amide bonds. The molecule has 0 bridgehead atoms. The van der Waals surface area contributed by atoms with Crippen molar-refractivity contribution in [2.24, 2.45) is 23.2 Å². The fourth-order valence-electron chi connectivity index (χ4n) is 3.82. The fraction of sp³-hybridized carbons (Fsp3) is 0.923. The van der Waals surface area contributed by atoms with Crippen LogP contribution >= 0.6 is 0 Å². The molecular weight excluding hydrogens is 172 g/mol. The van der Waals surface area contributed by atoms with Gasteiger partial charge in [-0.25, -0.2) is 0 Å². The van der Waals surface area contributed by atoms with Crippen molar-refractivity contribution >= 4 is 5.78 Å². The normalized spacial score (nSPS) is 41.9. The summed E-state index contributed by atoms with van der Waals surface area (Å²) in [5.41, 5.74) is -0.0389. The Kier molecular flexibility index (Phi) is 2.45. The summed E-state index contributed by atoms with van der Waals surface area (Å²) >= 11 is 0. The lowest BCUT2D eigenvalue weighted by Crippen LogP contribution is -2.47. The Hall–Kier alpha value is -0.330. The Balaban J connectivity index is 2.24. The van der Waals surface area contributed by atoms with Crippen LogP contribution in [0.25, 0.3) is 0 Å². The van der Waals surface area contributed by atoms with E-state index in [1.807, 2.05) is 0 Å². The van der Waals surface area contributed by atoms with Crippen LogP contribution in [0.1, 0.15) is 52.9 Å². The lowest BCUT2D eigenvalue weighted by Gasteiger charge is -2.47. The minimum atomic E-state index is -0.0389. The summed E-state index contributed by atoms with van der Waals surface area (Å²) in [6.07, 6.45) is 6.54. The van der Waals surface area contributed by atoms with Gasteiger partial charge >= 0.3 is 0 Å². The Labute approximate surface area is 87.3 Å². The van der Waals surface area contributed by atoms with Crippen LogP contribution in [0.4, 0.5) is 0 Å². The molecule has 0 heterocycles. The van der Waals surface area contributed by atoms with Crippen LogP contribution < -0.4 is 0 Å². The van der Waals surface area contributed by atoms with Gasteiger partial charge in [0.05, 0.1) is 0 Å². The number of hydrogen-bond acceptors (Lipinski definition) is 1. The van der Waals surface area contributed by atoms with Gasteiger partial charge in [0.2, 0.25) is 0 Å². The molecule has 0 radical (unpaired) electrons. The molecule has 1 heteroatoms.